The van der Waals surface area contributed by atoms with Crippen molar-refractivity contribution in [2.75, 3.05) is 13.2 Å². The number of hydrogen-bond acceptors (Lipinski definition) is 7. The summed E-state index contributed by atoms with van der Waals surface area (Å²) in [6.07, 6.45) is 3.60. The summed E-state index contributed by atoms with van der Waals surface area (Å²) in [5.74, 6) is -3.24. The van der Waals surface area contributed by atoms with Crippen LogP contribution >= 0.6 is 11.6 Å². The quantitative estimate of drug-likeness (QED) is 0.359. The van der Waals surface area contributed by atoms with Gasteiger partial charge in [0.1, 0.15) is 6.04 Å². The van der Waals surface area contributed by atoms with Gasteiger partial charge in [-0.1, -0.05) is 11.6 Å². The molecule has 1 unspecified atom stereocenters. The fourth-order valence-corrected chi connectivity index (χ4v) is 3.30. The normalized spacial score (nSPS) is 12.9. The van der Waals surface area contributed by atoms with Gasteiger partial charge in [0, 0.05) is 36.5 Å². The predicted octanol–water partition coefficient (Wildman–Crippen LogP) is 2.40. The van der Waals surface area contributed by atoms with Gasteiger partial charge in [-0.2, -0.15) is 0 Å². The van der Waals surface area contributed by atoms with Crippen LogP contribution in [0, 0.1) is 5.82 Å². The number of hydrogen-bond donors (Lipinski definition) is 3. The van der Waals surface area contributed by atoms with Gasteiger partial charge in [-0.15, -0.1) is 0 Å². The van der Waals surface area contributed by atoms with E-state index in [1.165, 1.54) is 0 Å². The van der Waals surface area contributed by atoms with Gasteiger partial charge in [0.05, 0.1) is 29.5 Å². The number of carbonyl (C=O) groups excluding carboxylic acids is 1. The molecule has 0 radical (unpaired) electrons. The van der Waals surface area contributed by atoms with Gasteiger partial charge in [-0.05, 0) is 37.1 Å². The maximum Gasteiger partial charge on any atom is 0.326 e. The van der Waals surface area contributed by atoms with Crippen molar-refractivity contribution in [3.8, 4) is 0 Å². The highest BCUT2D eigenvalue weighted by Gasteiger charge is 2.24. The highest BCUT2D eigenvalue weighted by atomic mass is 35.5. The SMILES string of the molecule is O=C(NC(CCOC[C@@H](O)CCc1ccc2cccnc2n1)C(=O)O)c1c(F)cncc1Cl. The average molecular weight is 477 g/mol. The van der Waals surface area contributed by atoms with Gasteiger partial charge in [-0.25, -0.2) is 19.2 Å². The molecule has 3 heterocycles. The molecule has 0 saturated carbocycles. The van der Waals surface area contributed by atoms with Crippen molar-refractivity contribution < 1.29 is 28.9 Å². The van der Waals surface area contributed by atoms with Crippen LogP contribution in [0.25, 0.3) is 11.0 Å². The van der Waals surface area contributed by atoms with E-state index in [0.29, 0.717) is 18.5 Å². The van der Waals surface area contributed by atoms with Crippen molar-refractivity contribution in [1.82, 2.24) is 20.3 Å². The first kappa shape index (κ1) is 24.4. The number of aliphatic hydroxyl groups is 1. The molecule has 1 amide bonds. The van der Waals surface area contributed by atoms with Crippen LogP contribution in [-0.4, -0.2) is 62.4 Å². The van der Waals surface area contributed by atoms with Crippen molar-refractivity contribution in [2.45, 2.75) is 31.4 Å². The van der Waals surface area contributed by atoms with Crippen LogP contribution < -0.4 is 5.32 Å². The Morgan fingerprint density at radius 2 is 2.03 bits per heavy atom. The molecular formula is C22H22ClFN4O5. The fourth-order valence-electron chi connectivity index (χ4n) is 3.07. The Labute approximate surface area is 193 Å². The van der Waals surface area contributed by atoms with E-state index in [9.17, 15) is 24.2 Å². The Morgan fingerprint density at radius 3 is 2.79 bits per heavy atom. The summed E-state index contributed by atoms with van der Waals surface area (Å²) in [6, 6.07) is 6.20. The number of nitrogens with one attached hydrogen (secondary N) is 1. The van der Waals surface area contributed by atoms with E-state index >= 15 is 0 Å². The second-order valence-electron chi connectivity index (χ2n) is 7.25. The zero-order chi connectivity index (χ0) is 23.8. The number of aliphatic carboxylic acids is 1. The summed E-state index contributed by atoms with van der Waals surface area (Å²) in [5, 5.41) is 22.4. The summed E-state index contributed by atoms with van der Waals surface area (Å²) >= 11 is 5.78. The highest BCUT2D eigenvalue weighted by Crippen LogP contribution is 2.17. The summed E-state index contributed by atoms with van der Waals surface area (Å²) in [6.45, 7) is -0.0596. The number of carbonyl (C=O) groups is 2. The molecule has 9 nitrogen and oxygen atoms in total. The number of carboxylic acids is 1. The van der Waals surface area contributed by atoms with E-state index in [2.05, 4.69) is 20.3 Å². The van der Waals surface area contributed by atoms with Crippen LogP contribution in [0.3, 0.4) is 0 Å². The van der Waals surface area contributed by atoms with E-state index < -0.39 is 35.4 Å². The largest absolute Gasteiger partial charge is 0.480 e. The number of pyridine rings is 3. The lowest BCUT2D eigenvalue weighted by molar-refractivity contribution is -0.139. The van der Waals surface area contributed by atoms with E-state index in [4.69, 9.17) is 16.3 Å². The lowest BCUT2D eigenvalue weighted by atomic mass is 10.1. The molecule has 0 aromatic carbocycles. The minimum atomic E-state index is -1.33. The molecular weight excluding hydrogens is 455 g/mol. The number of ether oxygens (including phenoxy) is 1. The Morgan fingerprint density at radius 1 is 1.21 bits per heavy atom. The third kappa shape index (κ3) is 6.88. The first-order valence-corrected chi connectivity index (χ1v) is 10.5. The molecule has 0 saturated heterocycles. The summed E-state index contributed by atoms with van der Waals surface area (Å²) in [7, 11) is 0. The first-order chi connectivity index (χ1) is 15.8. The van der Waals surface area contributed by atoms with E-state index in [-0.39, 0.29) is 24.7 Å². The van der Waals surface area contributed by atoms with E-state index in [1.54, 1.807) is 6.20 Å². The number of rotatable bonds is 11. The minimum Gasteiger partial charge on any atom is -0.480 e. The molecule has 0 aliphatic carbocycles. The van der Waals surface area contributed by atoms with Crippen molar-refractivity contribution in [1.29, 1.82) is 0 Å². The number of aromatic nitrogens is 3. The van der Waals surface area contributed by atoms with Crippen LogP contribution in [0.4, 0.5) is 4.39 Å². The second kappa shape index (κ2) is 11.6. The second-order valence-corrected chi connectivity index (χ2v) is 7.66. The third-order valence-corrected chi connectivity index (χ3v) is 5.09. The van der Waals surface area contributed by atoms with Crippen molar-refractivity contribution in [3.63, 3.8) is 0 Å². The molecule has 3 N–H and O–H groups in total. The van der Waals surface area contributed by atoms with Gasteiger partial charge in [0.25, 0.3) is 5.91 Å². The number of fused-ring (bicyclic) bond motifs is 1. The zero-order valence-electron chi connectivity index (χ0n) is 17.4. The number of nitrogens with zero attached hydrogens (tertiary/aromatic N) is 3. The molecule has 3 aromatic rings. The molecule has 174 valence electrons. The molecule has 0 fully saturated rings. The molecule has 11 heteroatoms. The molecule has 0 bridgehead atoms. The molecule has 3 aromatic heterocycles. The van der Waals surface area contributed by atoms with Gasteiger partial charge >= 0.3 is 5.97 Å². The fraction of sp³-hybridized carbons (Fsp3) is 0.318. The Hall–Kier alpha value is -3.21. The smallest absolute Gasteiger partial charge is 0.326 e. The van der Waals surface area contributed by atoms with Crippen LogP contribution in [-0.2, 0) is 16.0 Å². The third-order valence-electron chi connectivity index (χ3n) is 4.80. The van der Waals surface area contributed by atoms with Crippen LogP contribution in [0.2, 0.25) is 5.02 Å². The molecule has 0 spiro atoms. The topological polar surface area (TPSA) is 135 Å². The van der Waals surface area contributed by atoms with Crippen molar-refractivity contribution >= 4 is 34.5 Å². The number of halogens is 2. The van der Waals surface area contributed by atoms with Crippen LogP contribution in [0.15, 0.2) is 42.9 Å². The number of carboxylic acid groups (broad SMARTS) is 1. The summed E-state index contributed by atoms with van der Waals surface area (Å²) < 4.78 is 19.2. The molecule has 2 atom stereocenters. The maximum atomic E-state index is 13.8. The predicted molar refractivity (Wildman–Crippen MR) is 117 cm³/mol. The summed E-state index contributed by atoms with van der Waals surface area (Å²) in [4.78, 5) is 35.8. The number of aryl methyl sites for hydroxylation is 1. The maximum absolute atomic E-state index is 13.8. The lowest BCUT2D eigenvalue weighted by Crippen LogP contribution is -2.42. The van der Waals surface area contributed by atoms with Gasteiger partial charge in [0.2, 0.25) is 0 Å². The number of amides is 1. The standard InChI is InChI=1S/C22H22ClFN4O5/c23-16-10-25-11-17(24)19(16)21(30)28-18(22(31)32)7-9-33-12-15(29)6-5-14-4-3-13-2-1-8-26-20(13)27-14/h1-4,8,10-11,15,18,29H,5-7,9,12H2,(H,28,30)(H,31,32)/t15-,18?/m0/s1. The van der Waals surface area contributed by atoms with Gasteiger partial charge in [-0.3, -0.25) is 9.78 Å². The van der Waals surface area contributed by atoms with Gasteiger partial charge in [0.15, 0.2) is 11.5 Å². The van der Waals surface area contributed by atoms with Crippen molar-refractivity contribution in [2.24, 2.45) is 0 Å². The lowest BCUT2D eigenvalue weighted by Gasteiger charge is -2.16. The molecule has 0 aliphatic heterocycles. The van der Waals surface area contributed by atoms with Crippen molar-refractivity contribution in [3.05, 3.63) is 65.0 Å². The average Bonchev–Trinajstić information content (AvgIpc) is 2.79. The zero-order valence-corrected chi connectivity index (χ0v) is 18.2. The Balaban J connectivity index is 1.42. The van der Waals surface area contributed by atoms with Gasteiger partial charge < -0.3 is 20.3 Å². The Kier molecular flexibility index (Phi) is 8.58. The van der Waals surface area contributed by atoms with E-state index in [0.717, 1.165) is 23.5 Å². The monoisotopic (exact) mass is 476 g/mol. The van der Waals surface area contributed by atoms with Crippen LogP contribution in [0.1, 0.15) is 28.9 Å². The molecule has 0 aliphatic rings. The van der Waals surface area contributed by atoms with Crippen LogP contribution in [0.5, 0.6) is 0 Å². The summed E-state index contributed by atoms with van der Waals surface area (Å²) in [5.41, 5.74) is 0.943. The number of aliphatic hydroxyl groups excluding tert-OH is 1. The first-order valence-electron chi connectivity index (χ1n) is 10.1. The van der Waals surface area contributed by atoms with E-state index in [1.807, 2.05) is 24.3 Å². The molecule has 3 rings (SSSR count). The molecule has 33 heavy (non-hydrogen) atoms. The minimum absolute atomic E-state index is 0.0169. The highest BCUT2D eigenvalue weighted by molar-refractivity contribution is 6.33. The Bertz CT molecular complexity index is 1110.